The molecule has 4 heteroatoms. The van der Waals surface area contributed by atoms with Crippen molar-refractivity contribution in [2.45, 2.75) is 38.5 Å². The monoisotopic (exact) mass is 963 g/mol. The molecule has 0 aliphatic heterocycles. The number of aryl methyl sites for hydroxylation is 6. The molecule has 0 aliphatic rings. The number of hydrogen-bond donors (Lipinski definition) is 0. The van der Waals surface area contributed by atoms with Gasteiger partial charge in [0.1, 0.15) is 0 Å². The van der Waals surface area contributed by atoms with Crippen molar-refractivity contribution in [3.05, 3.63) is 246 Å². The predicted molar refractivity (Wildman–Crippen MR) is 245 cm³/mol. The molecule has 9 rings (SSSR count). The van der Waals surface area contributed by atoms with Crippen LogP contribution in [0.2, 0.25) is 0 Å². The first kappa shape index (κ1) is 41.2. The van der Waals surface area contributed by atoms with Gasteiger partial charge in [0.05, 0.1) is 0 Å². The average molecular weight is 963 g/mol. The largest absolute Gasteiger partial charge is 3.00 e. The SMILES string of the molecule is [Ir+3].[c-]1ccccc1-c1ccc(CCc2cc(CCc3ccc(-c4[c-]cccc4)nc3)cc(CCc3cnc(-c4[c-]cccc4)cc3-c3ccc(-c4ccccc4)cc3)c2)cn1. The second kappa shape index (κ2) is 20.1. The molecular weight excluding hydrogens is 919 g/mol. The number of hydrogen-bond acceptors (Lipinski definition) is 3. The van der Waals surface area contributed by atoms with Crippen LogP contribution >= 0.6 is 0 Å². The van der Waals surface area contributed by atoms with Gasteiger partial charge in [0.25, 0.3) is 0 Å². The Balaban J connectivity index is 0.00000514. The molecule has 0 saturated carbocycles. The maximum Gasteiger partial charge on any atom is 3.00 e. The molecule has 0 fully saturated rings. The fourth-order valence-corrected chi connectivity index (χ4v) is 7.82. The number of aromatic nitrogens is 3. The van der Waals surface area contributed by atoms with Crippen LogP contribution in [0.1, 0.15) is 33.4 Å². The van der Waals surface area contributed by atoms with Gasteiger partial charge in [0, 0.05) is 18.6 Å². The summed E-state index contributed by atoms with van der Waals surface area (Å²) in [5.41, 5.74) is 18.4. The molecule has 3 aromatic heterocycles. The first-order valence-corrected chi connectivity index (χ1v) is 20.8. The zero-order valence-corrected chi connectivity index (χ0v) is 36.3. The maximum atomic E-state index is 4.98. The molecule has 0 N–H and O–H groups in total. The van der Waals surface area contributed by atoms with Gasteiger partial charge in [-0.2, -0.15) is 0 Å². The van der Waals surface area contributed by atoms with Gasteiger partial charge < -0.3 is 15.0 Å². The maximum absolute atomic E-state index is 4.98. The summed E-state index contributed by atoms with van der Waals surface area (Å²) in [6.45, 7) is 0. The molecule has 0 unspecified atom stereocenters. The van der Waals surface area contributed by atoms with Crippen molar-refractivity contribution in [3.8, 4) is 56.0 Å². The third-order valence-electron chi connectivity index (χ3n) is 11.1. The van der Waals surface area contributed by atoms with Crippen LogP contribution in [-0.4, -0.2) is 15.0 Å². The van der Waals surface area contributed by atoms with Crippen LogP contribution in [0.5, 0.6) is 0 Å². The number of benzene rings is 6. The predicted octanol–water partition coefficient (Wildman–Crippen LogP) is 13.0. The second-order valence-electron chi connectivity index (χ2n) is 15.3. The molecule has 296 valence electrons. The van der Waals surface area contributed by atoms with Gasteiger partial charge in [-0.25, -0.2) is 0 Å². The third-order valence-corrected chi connectivity index (χ3v) is 11.1. The van der Waals surface area contributed by atoms with E-state index in [1.54, 1.807) is 0 Å². The van der Waals surface area contributed by atoms with Crippen molar-refractivity contribution in [1.82, 2.24) is 15.0 Å². The van der Waals surface area contributed by atoms with Crippen LogP contribution in [0.3, 0.4) is 0 Å². The summed E-state index contributed by atoms with van der Waals surface area (Å²) in [7, 11) is 0. The van der Waals surface area contributed by atoms with E-state index in [0.717, 1.165) is 72.3 Å². The minimum Gasteiger partial charge on any atom is -0.304 e. The van der Waals surface area contributed by atoms with E-state index in [-0.39, 0.29) is 20.1 Å². The van der Waals surface area contributed by atoms with Crippen LogP contribution in [-0.2, 0) is 58.6 Å². The summed E-state index contributed by atoms with van der Waals surface area (Å²) in [6.07, 6.45) is 11.6. The fraction of sp³-hybridized carbons (Fsp3) is 0.105. The second-order valence-corrected chi connectivity index (χ2v) is 15.3. The molecule has 0 radical (unpaired) electrons. The van der Waals surface area contributed by atoms with Gasteiger partial charge in [-0.1, -0.05) is 103 Å². The van der Waals surface area contributed by atoms with Gasteiger partial charge in [-0.15, -0.1) is 108 Å². The molecule has 0 atom stereocenters. The van der Waals surface area contributed by atoms with E-state index in [4.69, 9.17) is 15.0 Å². The number of rotatable bonds is 14. The summed E-state index contributed by atoms with van der Waals surface area (Å²) in [5.74, 6) is 0. The van der Waals surface area contributed by atoms with Crippen LogP contribution < -0.4 is 0 Å². The Labute approximate surface area is 373 Å². The van der Waals surface area contributed by atoms with Crippen molar-refractivity contribution in [2.75, 3.05) is 0 Å². The Bertz CT molecular complexity index is 2650. The quantitative estimate of drug-likeness (QED) is 0.102. The molecule has 0 saturated heterocycles. The van der Waals surface area contributed by atoms with E-state index < -0.39 is 0 Å². The molecule has 9 aromatic rings. The summed E-state index contributed by atoms with van der Waals surface area (Å²) in [6, 6.07) is 71.6. The van der Waals surface area contributed by atoms with Crippen LogP contribution in [0.4, 0.5) is 0 Å². The van der Waals surface area contributed by atoms with E-state index in [0.29, 0.717) is 0 Å². The Kier molecular flexibility index (Phi) is 13.6. The average Bonchev–Trinajstić information content (AvgIpc) is 3.33. The topological polar surface area (TPSA) is 38.7 Å². The summed E-state index contributed by atoms with van der Waals surface area (Å²) in [4.78, 5) is 14.5. The summed E-state index contributed by atoms with van der Waals surface area (Å²) >= 11 is 0. The molecule has 6 aromatic carbocycles. The normalized spacial score (nSPS) is 10.9. The van der Waals surface area contributed by atoms with Crippen molar-refractivity contribution in [3.63, 3.8) is 0 Å². The van der Waals surface area contributed by atoms with Gasteiger partial charge in [-0.3, -0.25) is 0 Å². The molecule has 0 amide bonds. The van der Waals surface area contributed by atoms with Gasteiger partial charge >= 0.3 is 20.1 Å². The summed E-state index contributed by atoms with van der Waals surface area (Å²) < 4.78 is 0. The smallest absolute Gasteiger partial charge is 0.304 e. The van der Waals surface area contributed by atoms with Crippen molar-refractivity contribution >= 4 is 0 Å². The number of pyridine rings is 3. The fourth-order valence-electron chi connectivity index (χ4n) is 7.82. The van der Waals surface area contributed by atoms with E-state index in [1.165, 1.54) is 55.6 Å². The van der Waals surface area contributed by atoms with E-state index in [1.807, 2.05) is 67.0 Å². The first-order valence-electron chi connectivity index (χ1n) is 20.8. The molecular formula is C57H44IrN3. The molecule has 61 heavy (non-hydrogen) atoms. The van der Waals surface area contributed by atoms with Gasteiger partial charge in [0.2, 0.25) is 0 Å². The zero-order chi connectivity index (χ0) is 40.4. The molecule has 3 heterocycles. The van der Waals surface area contributed by atoms with Crippen molar-refractivity contribution in [1.29, 1.82) is 0 Å². The molecule has 0 aliphatic carbocycles. The van der Waals surface area contributed by atoms with Crippen molar-refractivity contribution < 1.29 is 20.1 Å². The molecule has 0 bridgehead atoms. The Morgan fingerprint density at radius 2 is 0.754 bits per heavy atom. The van der Waals surface area contributed by atoms with E-state index in [9.17, 15) is 0 Å². The van der Waals surface area contributed by atoms with Gasteiger partial charge in [-0.05, 0) is 111 Å². The Morgan fingerprint density at radius 1 is 0.328 bits per heavy atom. The van der Waals surface area contributed by atoms with Crippen molar-refractivity contribution in [2.24, 2.45) is 0 Å². The van der Waals surface area contributed by atoms with Crippen LogP contribution in [0.15, 0.2) is 195 Å². The third kappa shape index (κ3) is 10.6. The molecule has 0 spiro atoms. The molecule has 3 nitrogen and oxygen atoms in total. The van der Waals surface area contributed by atoms with E-state index >= 15 is 0 Å². The summed E-state index contributed by atoms with van der Waals surface area (Å²) in [5, 5.41) is 0. The minimum absolute atomic E-state index is 0. The van der Waals surface area contributed by atoms with Gasteiger partial charge in [0.15, 0.2) is 0 Å². The zero-order valence-electron chi connectivity index (χ0n) is 33.9. The standard InChI is InChI=1S/C57H44N3.Ir/c1-5-13-47(14-6-1)48-29-31-49(32-30-48)54-38-57(52-19-11-4-12-20-52)60-41-53(54)28-25-46-36-44(23-21-42-26-33-55(58-39-42)50-15-7-2-8-16-50)35-45(37-46)24-22-43-27-34-56(59-40-43)51-17-9-3-10-18-51;/h1-15,17,19,26-27,29-41H,21-25,28H2;/q-3;+3. The Hall–Kier alpha value is -6.58. The van der Waals surface area contributed by atoms with Crippen LogP contribution in [0.25, 0.3) is 56.0 Å². The number of nitrogens with zero attached hydrogens (tertiary/aromatic N) is 3. The van der Waals surface area contributed by atoms with Crippen LogP contribution in [0, 0.1) is 18.2 Å². The minimum atomic E-state index is 0. The first-order chi connectivity index (χ1) is 29.7. The van der Waals surface area contributed by atoms with E-state index in [2.05, 4.69) is 146 Å². The Morgan fingerprint density at radius 3 is 1.23 bits per heavy atom.